The van der Waals surface area contributed by atoms with Gasteiger partial charge in [0.2, 0.25) is 0 Å². The van der Waals surface area contributed by atoms with Crippen molar-refractivity contribution in [2.75, 3.05) is 19.6 Å². The minimum absolute atomic E-state index is 0.00792. The van der Waals surface area contributed by atoms with Crippen molar-refractivity contribution in [1.82, 2.24) is 0 Å². The van der Waals surface area contributed by atoms with Gasteiger partial charge in [0, 0.05) is 12.6 Å². The molecule has 10 heavy (non-hydrogen) atoms. The fraction of sp³-hybridized carbons (Fsp3) is 1.00. The van der Waals surface area contributed by atoms with Crippen LogP contribution >= 0.6 is 0 Å². The Labute approximate surface area is 61.9 Å². The van der Waals surface area contributed by atoms with Crippen LogP contribution < -0.4 is 22.9 Å². The maximum atomic E-state index is 5.65. The van der Waals surface area contributed by atoms with E-state index in [9.17, 15) is 0 Å². The van der Waals surface area contributed by atoms with Crippen molar-refractivity contribution < 1.29 is 0 Å². The second-order valence-corrected chi connectivity index (χ2v) is 2.47. The third kappa shape index (κ3) is 3.12. The second-order valence-electron chi connectivity index (χ2n) is 2.47. The lowest BCUT2D eigenvalue weighted by Gasteiger charge is -2.19. The van der Waals surface area contributed by atoms with Gasteiger partial charge in [-0.3, -0.25) is 0 Å². The van der Waals surface area contributed by atoms with Crippen LogP contribution in [0.25, 0.3) is 0 Å². The summed E-state index contributed by atoms with van der Waals surface area (Å²) in [5.41, 5.74) is 21.8. The monoisotopic (exact) mass is 146 g/mol. The van der Waals surface area contributed by atoms with E-state index in [1.54, 1.807) is 0 Å². The van der Waals surface area contributed by atoms with Crippen LogP contribution in [0.4, 0.5) is 0 Å². The van der Waals surface area contributed by atoms with Gasteiger partial charge in [-0.2, -0.15) is 0 Å². The Morgan fingerprint density at radius 1 is 1.00 bits per heavy atom. The summed E-state index contributed by atoms with van der Waals surface area (Å²) in [4.78, 5) is 0. The van der Waals surface area contributed by atoms with Gasteiger partial charge in [0.25, 0.3) is 0 Å². The Hall–Kier alpha value is -0.160. The van der Waals surface area contributed by atoms with Crippen LogP contribution in [0.5, 0.6) is 0 Å². The van der Waals surface area contributed by atoms with Crippen LogP contribution in [-0.2, 0) is 0 Å². The van der Waals surface area contributed by atoms with E-state index >= 15 is 0 Å². The molecule has 0 saturated heterocycles. The fourth-order valence-corrected chi connectivity index (χ4v) is 0.913. The van der Waals surface area contributed by atoms with Gasteiger partial charge in [-0.1, -0.05) is 0 Å². The third-order valence-electron chi connectivity index (χ3n) is 1.72. The molecule has 0 spiro atoms. The zero-order valence-corrected chi connectivity index (χ0v) is 6.29. The molecule has 8 N–H and O–H groups in total. The lowest BCUT2D eigenvalue weighted by molar-refractivity contribution is 0.412. The summed E-state index contributed by atoms with van der Waals surface area (Å²) in [5, 5.41) is 0. The van der Waals surface area contributed by atoms with Gasteiger partial charge < -0.3 is 22.9 Å². The van der Waals surface area contributed by atoms with Crippen molar-refractivity contribution in [3.05, 3.63) is 0 Å². The van der Waals surface area contributed by atoms with Crippen molar-refractivity contribution in [2.24, 2.45) is 28.9 Å². The molecule has 0 aliphatic rings. The van der Waals surface area contributed by atoms with Crippen molar-refractivity contribution in [3.8, 4) is 0 Å². The predicted octanol–water partition coefficient (Wildman–Crippen LogP) is -1.80. The normalized spacial score (nSPS) is 16.8. The Balaban J connectivity index is 3.56. The van der Waals surface area contributed by atoms with E-state index in [1.165, 1.54) is 0 Å². The van der Waals surface area contributed by atoms with E-state index < -0.39 is 0 Å². The highest BCUT2D eigenvalue weighted by molar-refractivity contribution is 4.74. The van der Waals surface area contributed by atoms with Gasteiger partial charge >= 0.3 is 0 Å². The standard InChI is InChI=1S/C6H18N4/c7-2-1-5(3-8)6(10)4-9/h5-6H,1-4,7-10H2. The average molecular weight is 146 g/mol. The molecule has 0 heterocycles. The maximum absolute atomic E-state index is 5.65. The van der Waals surface area contributed by atoms with Gasteiger partial charge in [0.05, 0.1) is 0 Å². The molecule has 0 amide bonds. The Kier molecular flexibility index (Phi) is 5.52. The molecule has 2 atom stereocenters. The van der Waals surface area contributed by atoms with Crippen LogP contribution in [0.15, 0.2) is 0 Å². The van der Waals surface area contributed by atoms with Gasteiger partial charge in [-0.15, -0.1) is 0 Å². The van der Waals surface area contributed by atoms with Crippen LogP contribution in [0, 0.1) is 5.92 Å². The molecule has 0 fully saturated rings. The SMILES string of the molecule is NCCC(CN)C(N)CN. The van der Waals surface area contributed by atoms with Crippen LogP contribution in [0.2, 0.25) is 0 Å². The summed E-state index contributed by atoms with van der Waals surface area (Å²) in [7, 11) is 0. The molecule has 0 aliphatic carbocycles. The highest BCUT2D eigenvalue weighted by Crippen LogP contribution is 2.02. The fourth-order valence-electron chi connectivity index (χ4n) is 0.913. The molecule has 62 valence electrons. The van der Waals surface area contributed by atoms with Crippen molar-refractivity contribution in [3.63, 3.8) is 0 Å². The van der Waals surface area contributed by atoms with E-state index in [1.807, 2.05) is 0 Å². The summed E-state index contributed by atoms with van der Waals surface area (Å²) in [6.07, 6.45) is 0.870. The van der Waals surface area contributed by atoms with Crippen LogP contribution in [-0.4, -0.2) is 25.7 Å². The molecular weight excluding hydrogens is 128 g/mol. The zero-order chi connectivity index (χ0) is 7.98. The molecule has 0 aromatic heterocycles. The molecule has 2 unspecified atom stereocenters. The van der Waals surface area contributed by atoms with Crippen LogP contribution in [0.3, 0.4) is 0 Å². The summed E-state index contributed by atoms with van der Waals surface area (Å²) in [5.74, 6) is 0.287. The van der Waals surface area contributed by atoms with E-state index in [-0.39, 0.29) is 12.0 Å². The Bertz CT molecular complexity index is 76.1. The smallest absolute Gasteiger partial charge is 0.0204 e. The summed E-state index contributed by atoms with van der Waals surface area (Å²) < 4.78 is 0. The molecule has 0 bridgehead atoms. The molecule has 0 aliphatic heterocycles. The largest absolute Gasteiger partial charge is 0.330 e. The van der Waals surface area contributed by atoms with Gasteiger partial charge in [0.15, 0.2) is 0 Å². The number of rotatable bonds is 5. The minimum atomic E-state index is 0.00792. The summed E-state index contributed by atoms with van der Waals surface area (Å²) in [6, 6.07) is 0.00792. The molecular formula is C6H18N4. The maximum Gasteiger partial charge on any atom is 0.0204 e. The van der Waals surface area contributed by atoms with E-state index in [2.05, 4.69) is 0 Å². The Morgan fingerprint density at radius 2 is 1.60 bits per heavy atom. The predicted molar refractivity (Wildman–Crippen MR) is 43.2 cm³/mol. The highest BCUT2D eigenvalue weighted by Gasteiger charge is 2.12. The lowest BCUT2D eigenvalue weighted by atomic mass is 9.97. The molecule has 0 radical (unpaired) electrons. The molecule has 0 aromatic rings. The highest BCUT2D eigenvalue weighted by atomic mass is 14.8. The average Bonchev–Trinajstić information content (AvgIpc) is 1.99. The molecule has 4 heteroatoms. The first kappa shape index (κ1) is 9.84. The van der Waals surface area contributed by atoms with E-state index in [4.69, 9.17) is 22.9 Å². The van der Waals surface area contributed by atoms with E-state index in [0.717, 1.165) is 6.42 Å². The molecule has 4 nitrogen and oxygen atoms in total. The Morgan fingerprint density at radius 3 is 1.90 bits per heavy atom. The van der Waals surface area contributed by atoms with Crippen molar-refractivity contribution in [2.45, 2.75) is 12.5 Å². The summed E-state index contributed by atoms with van der Waals surface area (Å²) in [6.45, 7) is 1.70. The first-order chi connectivity index (χ1) is 4.76. The lowest BCUT2D eigenvalue weighted by Crippen LogP contribution is -2.41. The minimum Gasteiger partial charge on any atom is -0.330 e. The number of hydrogen-bond donors (Lipinski definition) is 4. The summed E-state index contributed by atoms with van der Waals surface area (Å²) >= 11 is 0. The van der Waals surface area contributed by atoms with E-state index in [0.29, 0.717) is 19.6 Å². The molecule has 0 rings (SSSR count). The zero-order valence-electron chi connectivity index (χ0n) is 6.29. The van der Waals surface area contributed by atoms with Gasteiger partial charge in [-0.25, -0.2) is 0 Å². The molecule has 0 aromatic carbocycles. The van der Waals surface area contributed by atoms with Crippen molar-refractivity contribution >= 4 is 0 Å². The first-order valence-corrected chi connectivity index (χ1v) is 3.62. The van der Waals surface area contributed by atoms with Crippen molar-refractivity contribution in [1.29, 1.82) is 0 Å². The number of nitrogens with two attached hydrogens (primary N) is 4. The molecule has 0 saturated carbocycles. The number of hydrogen-bond acceptors (Lipinski definition) is 4. The topological polar surface area (TPSA) is 104 Å². The third-order valence-corrected chi connectivity index (χ3v) is 1.72. The van der Waals surface area contributed by atoms with Gasteiger partial charge in [-0.05, 0) is 25.4 Å². The second kappa shape index (κ2) is 5.61. The van der Waals surface area contributed by atoms with Gasteiger partial charge in [0.1, 0.15) is 0 Å². The quantitative estimate of drug-likeness (QED) is 0.367. The first-order valence-electron chi connectivity index (χ1n) is 3.62. The van der Waals surface area contributed by atoms with Crippen LogP contribution in [0.1, 0.15) is 6.42 Å².